The summed E-state index contributed by atoms with van der Waals surface area (Å²) in [7, 11) is 0. The highest BCUT2D eigenvalue weighted by molar-refractivity contribution is 5.73. The zero-order valence-corrected chi connectivity index (χ0v) is 8.86. The Bertz CT molecular complexity index is 383. The van der Waals surface area contributed by atoms with E-state index in [0.717, 1.165) is 0 Å². The van der Waals surface area contributed by atoms with Crippen molar-refractivity contribution in [1.82, 2.24) is 0 Å². The summed E-state index contributed by atoms with van der Waals surface area (Å²) in [5.41, 5.74) is 0.0340. The molecule has 1 aliphatic rings. The van der Waals surface area contributed by atoms with Gasteiger partial charge >= 0.3 is 5.97 Å². The lowest BCUT2D eigenvalue weighted by atomic mass is 9.79. The molecule has 1 unspecified atom stereocenters. The molecule has 0 bridgehead atoms. The second-order valence-corrected chi connectivity index (χ2v) is 4.54. The molecule has 0 spiro atoms. The van der Waals surface area contributed by atoms with Gasteiger partial charge in [-0.1, -0.05) is 44.2 Å². The summed E-state index contributed by atoms with van der Waals surface area (Å²) in [4.78, 5) is 11.3. The Hall–Kier alpha value is -1.35. The molecule has 1 aromatic carbocycles. The van der Waals surface area contributed by atoms with E-state index in [1.54, 1.807) is 12.1 Å². The fraction of sp³-hybridized carbons (Fsp3) is 0.417. The zero-order chi connectivity index (χ0) is 11.1. The van der Waals surface area contributed by atoms with Crippen molar-refractivity contribution < 1.29 is 14.6 Å². The number of rotatable bonds is 1. The van der Waals surface area contributed by atoms with E-state index in [2.05, 4.69) is 0 Å². The minimum absolute atomic E-state index is 0.235. The highest BCUT2D eigenvalue weighted by Crippen LogP contribution is 2.48. The van der Waals surface area contributed by atoms with E-state index in [9.17, 15) is 9.90 Å². The van der Waals surface area contributed by atoms with Crippen LogP contribution in [0, 0.1) is 5.41 Å². The Kier molecular flexibility index (Phi) is 2.08. The fourth-order valence-corrected chi connectivity index (χ4v) is 1.93. The molecule has 0 radical (unpaired) electrons. The zero-order valence-electron chi connectivity index (χ0n) is 8.86. The van der Waals surface area contributed by atoms with Crippen LogP contribution in [0.2, 0.25) is 0 Å². The number of hydrogen-bond donors (Lipinski definition) is 1. The van der Waals surface area contributed by atoms with Crippen molar-refractivity contribution in [3.8, 4) is 0 Å². The first-order chi connectivity index (χ1) is 6.96. The molecule has 1 aliphatic heterocycles. The third-order valence-electron chi connectivity index (χ3n) is 2.93. The molecule has 1 saturated heterocycles. The average Bonchev–Trinajstić information content (AvgIpc) is 2.38. The number of ether oxygens (including phenoxy) is 1. The normalized spacial score (nSPS) is 28.9. The van der Waals surface area contributed by atoms with Crippen molar-refractivity contribution >= 4 is 5.97 Å². The lowest BCUT2D eigenvalue weighted by Gasteiger charge is -2.33. The van der Waals surface area contributed by atoms with Crippen LogP contribution in [0.5, 0.6) is 0 Å². The maximum Gasteiger partial charge on any atom is 0.309 e. The summed E-state index contributed by atoms with van der Waals surface area (Å²) >= 11 is 0. The third kappa shape index (κ3) is 1.43. The van der Waals surface area contributed by atoms with E-state index >= 15 is 0 Å². The number of benzene rings is 1. The Labute approximate surface area is 88.7 Å². The van der Waals surface area contributed by atoms with Crippen LogP contribution in [0.25, 0.3) is 0 Å². The van der Waals surface area contributed by atoms with Gasteiger partial charge in [-0.3, -0.25) is 4.79 Å². The Morgan fingerprint density at radius 1 is 1.27 bits per heavy atom. The molecule has 1 fully saturated rings. The van der Waals surface area contributed by atoms with Crippen LogP contribution in [0.4, 0.5) is 0 Å². The molecule has 80 valence electrons. The van der Waals surface area contributed by atoms with Crippen LogP contribution in [0.15, 0.2) is 30.3 Å². The lowest BCUT2D eigenvalue weighted by Crippen LogP contribution is -2.38. The van der Waals surface area contributed by atoms with E-state index in [-0.39, 0.29) is 12.4 Å². The number of carbonyl (C=O) groups excluding carboxylic acids is 1. The van der Waals surface area contributed by atoms with Crippen molar-refractivity contribution in [3.05, 3.63) is 35.9 Å². The van der Waals surface area contributed by atoms with Crippen LogP contribution in [-0.4, -0.2) is 11.1 Å². The monoisotopic (exact) mass is 206 g/mol. The van der Waals surface area contributed by atoms with Gasteiger partial charge in [0.15, 0.2) is 0 Å². The number of esters is 1. The second kappa shape index (κ2) is 3.07. The van der Waals surface area contributed by atoms with Gasteiger partial charge in [-0.15, -0.1) is 0 Å². The van der Waals surface area contributed by atoms with Gasteiger partial charge in [-0.05, 0) is 0 Å². The first kappa shape index (κ1) is 10.2. The van der Waals surface area contributed by atoms with Crippen LogP contribution in [-0.2, 0) is 15.3 Å². The number of carbonyl (C=O) groups is 1. The molecule has 1 atom stereocenters. The molecule has 1 heterocycles. The van der Waals surface area contributed by atoms with Gasteiger partial charge in [0.2, 0.25) is 5.79 Å². The number of aliphatic hydroxyl groups is 1. The minimum Gasteiger partial charge on any atom is -0.428 e. The summed E-state index contributed by atoms with van der Waals surface area (Å²) in [6.07, 6.45) is 0.235. The summed E-state index contributed by atoms with van der Waals surface area (Å²) < 4.78 is 5.07. The van der Waals surface area contributed by atoms with E-state index in [4.69, 9.17) is 4.74 Å². The van der Waals surface area contributed by atoms with Gasteiger partial charge in [0, 0.05) is 11.0 Å². The second-order valence-electron chi connectivity index (χ2n) is 4.54. The van der Waals surface area contributed by atoms with E-state index < -0.39 is 11.2 Å². The maximum absolute atomic E-state index is 11.3. The first-order valence-electron chi connectivity index (χ1n) is 4.95. The predicted molar refractivity (Wildman–Crippen MR) is 54.8 cm³/mol. The van der Waals surface area contributed by atoms with Gasteiger partial charge in [-0.25, -0.2) is 0 Å². The smallest absolute Gasteiger partial charge is 0.309 e. The molecule has 0 saturated carbocycles. The number of cyclic esters (lactones) is 1. The van der Waals surface area contributed by atoms with E-state index in [1.165, 1.54) is 0 Å². The van der Waals surface area contributed by atoms with Gasteiger partial charge in [0.25, 0.3) is 0 Å². The van der Waals surface area contributed by atoms with Gasteiger partial charge in [0.1, 0.15) is 0 Å². The van der Waals surface area contributed by atoms with Gasteiger partial charge in [-0.2, -0.15) is 0 Å². The molecule has 15 heavy (non-hydrogen) atoms. The SMILES string of the molecule is CC1(C)CC(=O)OC1(O)c1ccccc1. The van der Waals surface area contributed by atoms with Crippen LogP contribution in [0.1, 0.15) is 25.8 Å². The predicted octanol–water partition coefficient (Wildman–Crippen LogP) is 1.80. The fourth-order valence-electron chi connectivity index (χ4n) is 1.93. The molecular formula is C12H14O3. The van der Waals surface area contributed by atoms with Crippen molar-refractivity contribution in [2.75, 3.05) is 0 Å². The lowest BCUT2D eigenvalue weighted by molar-refractivity contribution is -0.226. The van der Waals surface area contributed by atoms with Crippen LogP contribution < -0.4 is 0 Å². The topological polar surface area (TPSA) is 46.5 Å². The molecule has 0 aromatic heterocycles. The average molecular weight is 206 g/mol. The summed E-state index contributed by atoms with van der Waals surface area (Å²) in [5, 5.41) is 10.4. The van der Waals surface area contributed by atoms with E-state index in [0.29, 0.717) is 5.56 Å². The third-order valence-corrected chi connectivity index (χ3v) is 2.93. The van der Waals surface area contributed by atoms with Crippen molar-refractivity contribution in [1.29, 1.82) is 0 Å². The molecule has 3 heteroatoms. The molecular weight excluding hydrogens is 192 g/mol. The Morgan fingerprint density at radius 2 is 1.87 bits per heavy atom. The summed E-state index contributed by atoms with van der Waals surface area (Å²) in [6.45, 7) is 3.65. The molecule has 1 N–H and O–H groups in total. The van der Waals surface area contributed by atoms with Crippen molar-refractivity contribution in [3.63, 3.8) is 0 Å². The number of hydrogen-bond acceptors (Lipinski definition) is 3. The molecule has 0 amide bonds. The molecule has 1 aromatic rings. The summed E-state index contributed by atoms with van der Waals surface area (Å²) in [5.74, 6) is -1.85. The van der Waals surface area contributed by atoms with Gasteiger partial charge < -0.3 is 9.84 Å². The highest BCUT2D eigenvalue weighted by Gasteiger charge is 2.55. The van der Waals surface area contributed by atoms with Crippen molar-refractivity contribution in [2.45, 2.75) is 26.1 Å². The van der Waals surface area contributed by atoms with Gasteiger partial charge in [0.05, 0.1) is 6.42 Å². The highest BCUT2D eigenvalue weighted by atomic mass is 16.7. The van der Waals surface area contributed by atoms with Crippen molar-refractivity contribution in [2.24, 2.45) is 5.41 Å². The Balaban J connectivity index is 2.47. The largest absolute Gasteiger partial charge is 0.428 e. The summed E-state index contributed by atoms with van der Waals surface area (Å²) in [6, 6.07) is 9.02. The van der Waals surface area contributed by atoms with Crippen LogP contribution in [0.3, 0.4) is 0 Å². The standard InChI is InChI=1S/C12H14O3/c1-11(2)8-10(13)15-12(11,14)9-6-4-3-5-7-9/h3-7,14H,8H2,1-2H3. The molecule has 2 rings (SSSR count). The van der Waals surface area contributed by atoms with Crippen LogP contribution >= 0.6 is 0 Å². The maximum atomic E-state index is 11.3. The first-order valence-corrected chi connectivity index (χ1v) is 4.95. The molecule has 0 aliphatic carbocycles. The minimum atomic E-state index is -1.49. The van der Waals surface area contributed by atoms with E-state index in [1.807, 2.05) is 32.0 Å². The Morgan fingerprint density at radius 3 is 2.33 bits per heavy atom. The molecule has 3 nitrogen and oxygen atoms in total. The quantitative estimate of drug-likeness (QED) is 0.713.